The maximum atomic E-state index is 13.0. The molecule has 1 amide bonds. The van der Waals surface area contributed by atoms with E-state index in [-0.39, 0.29) is 11.8 Å². The van der Waals surface area contributed by atoms with E-state index in [2.05, 4.69) is 0 Å². The van der Waals surface area contributed by atoms with Gasteiger partial charge < -0.3 is 9.64 Å². The molecule has 0 saturated carbocycles. The standard InChI is InChI=1S/C26H20N2O5/c1-13(29)27-12-19(16-8-3-5-9-20(16)27)17-11-18-15-7-4-6-10-21(15)28(14(2)30)24(18)23-22(17)25(31)33-26(23)32/h3-12,17,22-24H,1-2H3/t17-,22+,23+,24-/m0/s1. The molecule has 3 aliphatic rings. The number of carbonyl (C=O) groups is 4. The zero-order chi connectivity index (χ0) is 23.0. The summed E-state index contributed by atoms with van der Waals surface area (Å²) in [6.07, 6.45) is 3.74. The lowest BCUT2D eigenvalue weighted by molar-refractivity contribution is -0.153. The third kappa shape index (κ3) is 2.56. The first kappa shape index (κ1) is 19.7. The summed E-state index contributed by atoms with van der Waals surface area (Å²) in [7, 11) is 0. The van der Waals surface area contributed by atoms with E-state index in [4.69, 9.17) is 4.74 Å². The highest BCUT2D eigenvalue weighted by atomic mass is 16.6. The van der Waals surface area contributed by atoms with E-state index in [0.717, 1.165) is 33.3 Å². The first-order valence-electron chi connectivity index (χ1n) is 10.9. The van der Waals surface area contributed by atoms with Crippen LogP contribution in [0.3, 0.4) is 0 Å². The van der Waals surface area contributed by atoms with Gasteiger partial charge in [0.15, 0.2) is 0 Å². The number of ether oxygens (including phenoxy) is 1. The molecule has 0 N–H and O–H groups in total. The Kier molecular flexibility index (Phi) is 4.02. The minimum absolute atomic E-state index is 0.144. The molecule has 4 atom stereocenters. The molecule has 6 rings (SSSR count). The van der Waals surface area contributed by atoms with Crippen molar-refractivity contribution in [3.63, 3.8) is 0 Å². The summed E-state index contributed by atoms with van der Waals surface area (Å²) in [4.78, 5) is 52.5. The van der Waals surface area contributed by atoms with Crippen LogP contribution in [0.2, 0.25) is 0 Å². The van der Waals surface area contributed by atoms with E-state index in [1.807, 2.05) is 54.6 Å². The van der Waals surface area contributed by atoms with Crippen molar-refractivity contribution in [1.82, 2.24) is 4.57 Å². The zero-order valence-electron chi connectivity index (χ0n) is 18.0. The number of cyclic esters (lactones) is 2. The number of allylic oxidation sites excluding steroid dienone is 1. The normalized spacial score (nSPS) is 25.4. The van der Waals surface area contributed by atoms with Gasteiger partial charge in [-0.2, -0.15) is 0 Å². The molecule has 1 saturated heterocycles. The van der Waals surface area contributed by atoms with Crippen molar-refractivity contribution in [2.45, 2.75) is 25.8 Å². The Morgan fingerprint density at radius 1 is 0.879 bits per heavy atom. The van der Waals surface area contributed by atoms with Crippen molar-refractivity contribution >= 4 is 45.9 Å². The number of carbonyl (C=O) groups excluding carboxylic acids is 4. The molecule has 0 unspecified atom stereocenters. The molecular formula is C26H20N2O5. The number of anilines is 1. The molecule has 7 heteroatoms. The minimum atomic E-state index is -0.821. The van der Waals surface area contributed by atoms with E-state index in [0.29, 0.717) is 0 Å². The Bertz CT molecular complexity index is 1430. The van der Waals surface area contributed by atoms with E-state index in [1.165, 1.54) is 13.8 Å². The Hall–Kier alpha value is -4.00. The summed E-state index contributed by atoms with van der Waals surface area (Å²) >= 11 is 0. The molecule has 1 aliphatic carbocycles. The van der Waals surface area contributed by atoms with E-state index < -0.39 is 35.7 Å². The number of esters is 2. The zero-order valence-corrected chi connectivity index (χ0v) is 18.0. The van der Waals surface area contributed by atoms with Crippen LogP contribution in [0.4, 0.5) is 5.69 Å². The Balaban J connectivity index is 1.64. The number of aromatic nitrogens is 1. The third-order valence-corrected chi connectivity index (χ3v) is 7.07. The lowest BCUT2D eigenvalue weighted by Crippen LogP contribution is -2.47. The van der Waals surface area contributed by atoms with Gasteiger partial charge in [0.25, 0.3) is 0 Å². The van der Waals surface area contributed by atoms with Crippen LogP contribution in [0.15, 0.2) is 60.8 Å². The van der Waals surface area contributed by atoms with Crippen LogP contribution in [-0.4, -0.2) is 34.4 Å². The number of rotatable bonds is 1. The van der Waals surface area contributed by atoms with Gasteiger partial charge in [0, 0.05) is 36.9 Å². The van der Waals surface area contributed by atoms with Crippen molar-refractivity contribution in [2.75, 3.05) is 4.90 Å². The van der Waals surface area contributed by atoms with Crippen LogP contribution in [0.5, 0.6) is 0 Å². The Labute approximate surface area is 189 Å². The topological polar surface area (TPSA) is 85.7 Å². The molecule has 3 heterocycles. The van der Waals surface area contributed by atoms with E-state index in [1.54, 1.807) is 15.7 Å². The summed E-state index contributed by atoms with van der Waals surface area (Å²) in [5.74, 6) is -3.63. The Morgan fingerprint density at radius 2 is 1.58 bits per heavy atom. The molecule has 0 radical (unpaired) electrons. The third-order valence-electron chi connectivity index (χ3n) is 7.07. The largest absolute Gasteiger partial charge is 0.393 e. The lowest BCUT2D eigenvalue weighted by atomic mass is 9.69. The molecule has 164 valence electrons. The first-order chi connectivity index (χ1) is 15.9. The van der Waals surface area contributed by atoms with E-state index in [9.17, 15) is 19.2 Å². The average Bonchev–Trinajstić information content (AvgIpc) is 3.43. The van der Waals surface area contributed by atoms with Gasteiger partial charge >= 0.3 is 11.9 Å². The number of fused-ring (bicyclic) bond motifs is 6. The van der Waals surface area contributed by atoms with Gasteiger partial charge in [0.2, 0.25) is 11.8 Å². The maximum Gasteiger partial charge on any atom is 0.319 e. The first-order valence-corrected chi connectivity index (χ1v) is 10.9. The van der Waals surface area contributed by atoms with Crippen molar-refractivity contribution in [3.8, 4) is 0 Å². The summed E-state index contributed by atoms with van der Waals surface area (Å²) < 4.78 is 6.70. The highest BCUT2D eigenvalue weighted by Crippen LogP contribution is 2.55. The summed E-state index contributed by atoms with van der Waals surface area (Å²) in [6, 6.07) is 14.4. The molecular weight excluding hydrogens is 420 g/mol. The summed E-state index contributed by atoms with van der Waals surface area (Å²) in [5.41, 5.74) is 3.94. The molecule has 33 heavy (non-hydrogen) atoms. The SMILES string of the molecule is CC(=O)N1c2ccccc2C2=C[C@@H](c3cn(C(C)=O)c4ccccc34)[C@H]3C(=O)OC(=O)[C@H]3[C@H]21. The molecule has 0 spiro atoms. The Morgan fingerprint density at radius 3 is 2.33 bits per heavy atom. The van der Waals surface area contributed by atoms with Crippen molar-refractivity contribution in [3.05, 3.63) is 71.9 Å². The van der Waals surface area contributed by atoms with Crippen LogP contribution in [0.25, 0.3) is 16.5 Å². The minimum Gasteiger partial charge on any atom is -0.393 e. The fourth-order valence-corrected chi connectivity index (χ4v) is 5.82. The molecule has 1 aromatic heterocycles. The molecule has 2 aliphatic heterocycles. The van der Waals surface area contributed by atoms with Crippen LogP contribution in [-0.2, 0) is 19.1 Å². The molecule has 0 bridgehead atoms. The van der Waals surface area contributed by atoms with Crippen LogP contribution < -0.4 is 4.90 Å². The predicted molar refractivity (Wildman–Crippen MR) is 120 cm³/mol. The lowest BCUT2D eigenvalue weighted by Gasteiger charge is -2.36. The van der Waals surface area contributed by atoms with Crippen molar-refractivity contribution in [2.24, 2.45) is 11.8 Å². The fraction of sp³-hybridized carbons (Fsp3) is 0.231. The number of nitrogens with zero attached hydrogens (tertiary/aromatic N) is 2. The van der Waals surface area contributed by atoms with Gasteiger partial charge in [-0.1, -0.05) is 42.5 Å². The predicted octanol–water partition coefficient (Wildman–Crippen LogP) is 3.53. The van der Waals surface area contributed by atoms with E-state index >= 15 is 0 Å². The smallest absolute Gasteiger partial charge is 0.319 e. The number of hydrogen-bond donors (Lipinski definition) is 0. The molecule has 7 nitrogen and oxygen atoms in total. The van der Waals surface area contributed by atoms with Crippen molar-refractivity contribution in [1.29, 1.82) is 0 Å². The molecule has 2 aromatic carbocycles. The number of para-hydroxylation sites is 2. The highest BCUT2D eigenvalue weighted by molar-refractivity contribution is 6.09. The van der Waals surface area contributed by atoms with Crippen LogP contribution in [0, 0.1) is 11.8 Å². The van der Waals surface area contributed by atoms with Gasteiger partial charge in [-0.3, -0.25) is 23.7 Å². The quantitative estimate of drug-likeness (QED) is 0.427. The monoisotopic (exact) mass is 440 g/mol. The molecule has 3 aromatic rings. The van der Waals surface area contributed by atoms with Crippen LogP contribution in [0.1, 0.15) is 35.7 Å². The number of amides is 1. The van der Waals surface area contributed by atoms with Gasteiger partial charge in [-0.25, -0.2) is 0 Å². The second-order valence-corrected chi connectivity index (χ2v) is 8.78. The van der Waals surface area contributed by atoms with Gasteiger partial charge in [-0.15, -0.1) is 0 Å². The number of hydrogen-bond acceptors (Lipinski definition) is 5. The maximum absolute atomic E-state index is 13.0. The average molecular weight is 440 g/mol. The second kappa shape index (κ2) is 6.75. The number of benzene rings is 2. The van der Waals surface area contributed by atoms with Gasteiger partial charge in [0.05, 0.1) is 29.1 Å². The van der Waals surface area contributed by atoms with Crippen LogP contribution >= 0.6 is 0 Å². The van der Waals surface area contributed by atoms with Gasteiger partial charge in [0.1, 0.15) is 0 Å². The summed E-state index contributed by atoms with van der Waals surface area (Å²) in [5, 5.41) is 0.841. The van der Waals surface area contributed by atoms with Gasteiger partial charge in [-0.05, 0) is 23.3 Å². The van der Waals surface area contributed by atoms with Crippen molar-refractivity contribution < 1.29 is 23.9 Å². The highest BCUT2D eigenvalue weighted by Gasteiger charge is 2.59. The second-order valence-electron chi connectivity index (χ2n) is 8.78. The molecule has 1 fully saturated rings. The summed E-state index contributed by atoms with van der Waals surface area (Å²) in [6.45, 7) is 2.95. The fourth-order valence-electron chi connectivity index (χ4n) is 5.82.